The van der Waals surface area contributed by atoms with Crippen molar-refractivity contribution in [1.29, 1.82) is 0 Å². The molecule has 9 heteroatoms. The van der Waals surface area contributed by atoms with E-state index in [1.807, 2.05) is 30.3 Å². The third kappa shape index (κ3) is 3.27. The quantitative estimate of drug-likeness (QED) is 0.664. The summed E-state index contributed by atoms with van der Waals surface area (Å²) in [7, 11) is -2.03. The van der Waals surface area contributed by atoms with Gasteiger partial charge in [0.2, 0.25) is 10.0 Å². The van der Waals surface area contributed by atoms with Gasteiger partial charge in [-0.25, -0.2) is 22.5 Å². The Labute approximate surface area is 163 Å². The highest BCUT2D eigenvalue weighted by Crippen LogP contribution is 2.29. The van der Waals surface area contributed by atoms with Crippen molar-refractivity contribution < 1.29 is 8.42 Å². The molecule has 0 amide bonds. The molecule has 1 aromatic carbocycles. The summed E-state index contributed by atoms with van der Waals surface area (Å²) in [6, 6.07) is 12.5. The molecule has 146 valence electrons. The van der Waals surface area contributed by atoms with Crippen LogP contribution in [0.5, 0.6) is 0 Å². The lowest BCUT2D eigenvalue weighted by Crippen LogP contribution is -2.40. The van der Waals surface area contributed by atoms with Crippen LogP contribution in [0, 0.1) is 0 Å². The molecule has 1 fully saturated rings. The van der Waals surface area contributed by atoms with Gasteiger partial charge in [-0.15, -0.1) is 0 Å². The number of rotatable bonds is 4. The SMILES string of the molecule is Cn1nc(C2CCCN(S(=O)(=O)c3cccnc3)C2)n(-c2ccccc2)c1=O. The van der Waals surface area contributed by atoms with Gasteiger partial charge in [0.15, 0.2) is 0 Å². The minimum absolute atomic E-state index is 0.172. The van der Waals surface area contributed by atoms with Crippen molar-refractivity contribution in [3.63, 3.8) is 0 Å². The maximum atomic E-state index is 13.0. The molecule has 3 aromatic rings. The van der Waals surface area contributed by atoms with E-state index in [9.17, 15) is 13.2 Å². The minimum atomic E-state index is -3.63. The van der Waals surface area contributed by atoms with Gasteiger partial charge in [0.05, 0.1) is 5.69 Å². The fourth-order valence-corrected chi connectivity index (χ4v) is 5.08. The fourth-order valence-electron chi connectivity index (χ4n) is 3.59. The molecular formula is C19H21N5O3S. The Morgan fingerprint density at radius 2 is 1.89 bits per heavy atom. The van der Waals surface area contributed by atoms with Gasteiger partial charge in [0.25, 0.3) is 0 Å². The summed E-state index contributed by atoms with van der Waals surface area (Å²) in [5, 5.41) is 4.43. The first-order chi connectivity index (χ1) is 13.5. The van der Waals surface area contributed by atoms with Crippen molar-refractivity contribution in [2.75, 3.05) is 13.1 Å². The monoisotopic (exact) mass is 399 g/mol. The van der Waals surface area contributed by atoms with E-state index in [4.69, 9.17) is 0 Å². The lowest BCUT2D eigenvalue weighted by molar-refractivity contribution is 0.307. The third-order valence-electron chi connectivity index (χ3n) is 4.99. The molecule has 0 aliphatic carbocycles. The van der Waals surface area contributed by atoms with E-state index in [0.29, 0.717) is 18.8 Å². The van der Waals surface area contributed by atoms with E-state index in [1.54, 1.807) is 29.9 Å². The molecule has 8 nitrogen and oxygen atoms in total. The lowest BCUT2D eigenvalue weighted by Gasteiger charge is -2.31. The smallest absolute Gasteiger partial charge is 0.263 e. The number of para-hydroxylation sites is 1. The van der Waals surface area contributed by atoms with Gasteiger partial charge in [-0.2, -0.15) is 9.40 Å². The van der Waals surface area contributed by atoms with Crippen molar-refractivity contribution in [2.24, 2.45) is 7.05 Å². The Morgan fingerprint density at radius 3 is 2.61 bits per heavy atom. The van der Waals surface area contributed by atoms with E-state index in [0.717, 1.165) is 12.1 Å². The highest BCUT2D eigenvalue weighted by Gasteiger charge is 2.34. The highest BCUT2D eigenvalue weighted by molar-refractivity contribution is 7.89. The lowest BCUT2D eigenvalue weighted by atomic mass is 9.98. The minimum Gasteiger partial charge on any atom is -0.263 e. The van der Waals surface area contributed by atoms with Gasteiger partial charge < -0.3 is 0 Å². The summed E-state index contributed by atoms with van der Waals surface area (Å²) in [6.45, 7) is 0.719. The number of pyridine rings is 1. The molecule has 0 spiro atoms. The van der Waals surface area contributed by atoms with Crippen LogP contribution in [0.2, 0.25) is 0 Å². The van der Waals surface area contributed by atoms with Crippen LogP contribution in [0.1, 0.15) is 24.6 Å². The maximum absolute atomic E-state index is 13.0. The van der Waals surface area contributed by atoms with E-state index in [-0.39, 0.29) is 23.0 Å². The number of benzene rings is 1. The number of piperidine rings is 1. The molecule has 0 bridgehead atoms. The molecule has 1 unspecified atom stereocenters. The van der Waals surface area contributed by atoms with Gasteiger partial charge in [0, 0.05) is 38.4 Å². The van der Waals surface area contributed by atoms with Crippen molar-refractivity contribution in [3.05, 3.63) is 71.2 Å². The Bertz CT molecular complexity index is 1120. The molecule has 28 heavy (non-hydrogen) atoms. The second-order valence-electron chi connectivity index (χ2n) is 6.83. The molecule has 4 rings (SSSR count). The Balaban J connectivity index is 1.70. The number of hydrogen-bond donors (Lipinski definition) is 0. The largest absolute Gasteiger partial charge is 0.350 e. The molecule has 2 aromatic heterocycles. The van der Waals surface area contributed by atoms with Gasteiger partial charge >= 0.3 is 5.69 Å². The average molecular weight is 399 g/mol. The zero-order valence-corrected chi connectivity index (χ0v) is 16.3. The maximum Gasteiger partial charge on any atom is 0.350 e. The third-order valence-corrected chi connectivity index (χ3v) is 6.83. The first kappa shape index (κ1) is 18.6. The molecule has 1 atom stereocenters. The zero-order valence-electron chi connectivity index (χ0n) is 15.5. The van der Waals surface area contributed by atoms with Crippen LogP contribution in [0.25, 0.3) is 5.69 Å². The number of aryl methyl sites for hydroxylation is 1. The molecule has 1 saturated heterocycles. The van der Waals surface area contributed by atoms with Crippen LogP contribution in [0.3, 0.4) is 0 Å². The molecule has 1 aliphatic rings. The predicted molar refractivity (Wildman–Crippen MR) is 104 cm³/mol. The molecule has 0 saturated carbocycles. The van der Waals surface area contributed by atoms with Crippen LogP contribution in [-0.2, 0) is 17.1 Å². The fraction of sp³-hybridized carbons (Fsp3) is 0.316. The van der Waals surface area contributed by atoms with Crippen LogP contribution in [0.4, 0.5) is 0 Å². The normalized spacial score (nSPS) is 18.2. The summed E-state index contributed by atoms with van der Waals surface area (Å²) in [5.74, 6) is 0.416. The number of sulfonamides is 1. The predicted octanol–water partition coefficient (Wildman–Crippen LogP) is 1.53. The van der Waals surface area contributed by atoms with Gasteiger partial charge in [-0.3, -0.25) is 4.98 Å². The molecule has 0 radical (unpaired) electrons. The Hall–Kier alpha value is -2.78. The van der Waals surface area contributed by atoms with Crippen molar-refractivity contribution >= 4 is 10.0 Å². The summed E-state index contributed by atoms with van der Waals surface area (Å²) in [4.78, 5) is 16.8. The van der Waals surface area contributed by atoms with E-state index >= 15 is 0 Å². The summed E-state index contributed by atoms with van der Waals surface area (Å²) in [5.41, 5.74) is 0.483. The summed E-state index contributed by atoms with van der Waals surface area (Å²) >= 11 is 0. The van der Waals surface area contributed by atoms with Crippen molar-refractivity contribution in [1.82, 2.24) is 23.6 Å². The topological polar surface area (TPSA) is 90.1 Å². The van der Waals surface area contributed by atoms with E-state index in [2.05, 4.69) is 10.1 Å². The first-order valence-electron chi connectivity index (χ1n) is 9.10. The highest BCUT2D eigenvalue weighted by atomic mass is 32.2. The zero-order chi connectivity index (χ0) is 19.7. The summed E-state index contributed by atoms with van der Waals surface area (Å²) in [6.07, 6.45) is 4.37. The van der Waals surface area contributed by atoms with Crippen LogP contribution >= 0.6 is 0 Å². The molecular weight excluding hydrogens is 378 g/mol. The second kappa shape index (κ2) is 7.33. The van der Waals surface area contributed by atoms with Crippen molar-refractivity contribution in [2.45, 2.75) is 23.7 Å². The molecule has 1 aliphatic heterocycles. The molecule has 0 N–H and O–H groups in total. The Morgan fingerprint density at radius 1 is 1.11 bits per heavy atom. The Kier molecular flexibility index (Phi) is 4.86. The second-order valence-corrected chi connectivity index (χ2v) is 8.76. The van der Waals surface area contributed by atoms with Crippen molar-refractivity contribution in [3.8, 4) is 5.69 Å². The first-order valence-corrected chi connectivity index (χ1v) is 10.5. The number of hydrogen-bond acceptors (Lipinski definition) is 5. The van der Waals surface area contributed by atoms with E-state index in [1.165, 1.54) is 15.2 Å². The van der Waals surface area contributed by atoms with Gasteiger partial charge in [0.1, 0.15) is 10.7 Å². The van der Waals surface area contributed by atoms with Gasteiger partial charge in [-0.1, -0.05) is 18.2 Å². The van der Waals surface area contributed by atoms with Crippen LogP contribution < -0.4 is 5.69 Å². The number of nitrogens with zero attached hydrogens (tertiary/aromatic N) is 5. The standard InChI is InChI=1S/C19H21N5O3S/c1-22-19(25)24(16-8-3-2-4-9-16)18(21-22)15-7-6-12-23(14-15)28(26,27)17-10-5-11-20-13-17/h2-5,8-11,13,15H,6-7,12,14H2,1H3. The average Bonchev–Trinajstić information content (AvgIpc) is 3.04. The van der Waals surface area contributed by atoms with Crippen LogP contribution in [0.15, 0.2) is 64.5 Å². The van der Waals surface area contributed by atoms with E-state index < -0.39 is 10.0 Å². The van der Waals surface area contributed by atoms with Gasteiger partial charge in [-0.05, 0) is 37.1 Å². The summed E-state index contributed by atoms with van der Waals surface area (Å²) < 4.78 is 30.3. The van der Waals surface area contributed by atoms with Crippen LogP contribution in [-0.4, -0.2) is 45.1 Å². The number of aromatic nitrogens is 4. The molecule has 3 heterocycles.